The SMILES string of the molecule is CS(=O)(=O)N1CCN(S(=O)(=O)c2ccc3[nH]c(=O)c(=O)[nH]c3c2)CC1. The average Bonchev–Trinajstić information content (AvgIpc) is 2.55. The highest BCUT2D eigenvalue weighted by atomic mass is 32.2. The van der Waals surface area contributed by atoms with Crippen LogP contribution >= 0.6 is 0 Å². The number of H-pyrrole nitrogens is 2. The van der Waals surface area contributed by atoms with Gasteiger partial charge in [-0.3, -0.25) is 9.59 Å². The van der Waals surface area contributed by atoms with Gasteiger partial charge >= 0.3 is 11.1 Å². The predicted molar refractivity (Wildman–Crippen MR) is 90.4 cm³/mol. The molecule has 2 N–H and O–H groups in total. The summed E-state index contributed by atoms with van der Waals surface area (Å²) in [6, 6.07) is 3.99. The third kappa shape index (κ3) is 3.38. The highest BCUT2D eigenvalue weighted by Gasteiger charge is 2.31. The van der Waals surface area contributed by atoms with E-state index in [1.807, 2.05) is 0 Å². The van der Waals surface area contributed by atoms with E-state index in [1.165, 1.54) is 26.8 Å². The monoisotopic (exact) mass is 388 g/mol. The van der Waals surface area contributed by atoms with Crippen LogP contribution in [0.2, 0.25) is 0 Å². The first-order valence-electron chi connectivity index (χ1n) is 7.31. The zero-order chi connectivity index (χ0) is 18.4. The molecule has 2 heterocycles. The fraction of sp³-hybridized carbons (Fsp3) is 0.385. The van der Waals surface area contributed by atoms with Crippen LogP contribution < -0.4 is 11.1 Å². The predicted octanol–water partition coefficient (Wildman–Crippen LogP) is -1.52. The molecule has 0 amide bonds. The number of hydrogen-bond acceptors (Lipinski definition) is 6. The van der Waals surface area contributed by atoms with Crippen LogP contribution in [0.4, 0.5) is 0 Å². The number of aromatic amines is 2. The van der Waals surface area contributed by atoms with E-state index < -0.39 is 31.2 Å². The van der Waals surface area contributed by atoms with Crippen LogP contribution in [0.15, 0.2) is 32.7 Å². The van der Waals surface area contributed by atoms with E-state index >= 15 is 0 Å². The molecule has 0 saturated carbocycles. The summed E-state index contributed by atoms with van der Waals surface area (Å²) >= 11 is 0. The van der Waals surface area contributed by atoms with Gasteiger partial charge in [0, 0.05) is 26.2 Å². The van der Waals surface area contributed by atoms with Gasteiger partial charge in [-0.15, -0.1) is 0 Å². The van der Waals surface area contributed by atoms with Gasteiger partial charge in [-0.05, 0) is 18.2 Å². The lowest BCUT2D eigenvalue weighted by molar-refractivity contribution is 0.274. The minimum Gasteiger partial charge on any atom is -0.316 e. The van der Waals surface area contributed by atoms with E-state index in [-0.39, 0.29) is 36.6 Å². The number of hydrogen-bond donors (Lipinski definition) is 2. The minimum atomic E-state index is -3.85. The molecule has 1 aromatic carbocycles. The Bertz CT molecular complexity index is 1140. The summed E-state index contributed by atoms with van der Waals surface area (Å²) in [7, 11) is -7.21. The molecule has 12 heteroatoms. The second kappa shape index (κ2) is 6.05. The molecular formula is C13H16N4O6S2. The first-order valence-corrected chi connectivity index (χ1v) is 10.6. The van der Waals surface area contributed by atoms with Gasteiger partial charge in [-0.25, -0.2) is 16.8 Å². The molecule has 25 heavy (non-hydrogen) atoms. The molecule has 1 aliphatic rings. The van der Waals surface area contributed by atoms with Gasteiger partial charge in [0.2, 0.25) is 20.0 Å². The fourth-order valence-electron chi connectivity index (χ4n) is 2.65. The van der Waals surface area contributed by atoms with Gasteiger partial charge in [0.15, 0.2) is 0 Å². The van der Waals surface area contributed by atoms with Crippen molar-refractivity contribution in [3.05, 3.63) is 38.9 Å². The Morgan fingerprint density at radius 1 is 0.840 bits per heavy atom. The number of nitrogens with one attached hydrogen (secondary N) is 2. The molecule has 10 nitrogen and oxygen atoms in total. The molecule has 0 bridgehead atoms. The molecule has 1 aliphatic heterocycles. The second-order valence-corrected chi connectivity index (χ2v) is 9.60. The third-order valence-corrected chi connectivity index (χ3v) is 7.20. The van der Waals surface area contributed by atoms with E-state index in [1.54, 1.807) is 0 Å². The molecular weight excluding hydrogens is 372 g/mol. The summed E-state index contributed by atoms with van der Waals surface area (Å²) < 4.78 is 50.9. The maximum absolute atomic E-state index is 12.7. The Labute approximate surface area is 143 Å². The van der Waals surface area contributed by atoms with E-state index in [2.05, 4.69) is 9.97 Å². The van der Waals surface area contributed by atoms with E-state index in [0.717, 1.165) is 6.26 Å². The second-order valence-electron chi connectivity index (χ2n) is 5.68. The van der Waals surface area contributed by atoms with Gasteiger partial charge in [0.1, 0.15) is 0 Å². The lowest BCUT2D eigenvalue weighted by Gasteiger charge is -2.32. The number of piperazine rings is 1. The van der Waals surface area contributed by atoms with Crippen molar-refractivity contribution in [3.8, 4) is 0 Å². The highest BCUT2D eigenvalue weighted by molar-refractivity contribution is 7.89. The number of sulfonamides is 2. The lowest BCUT2D eigenvalue weighted by Crippen LogP contribution is -2.50. The van der Waals surface area contributed by atoms with Crippen LogP contribution in [0.5, 0.6) is 0 Å². The topological polar surface area (TPSA) is 140 Å². The van der Waals surface area contributed by atoms with Crippen molar-refractivity contribution in [1.29, 1.82) is 0 Å². The van der Waals surface area contributed by atoms with Crippen molar-refractivity contribution >= 4 is 31.1 Å². The molecule has 0 radical (unpaired) electrons. The number of benzene rings is 1. The Kier molecular flexibility index (Phi) is 4.31. The first kappa shape index (κ1) is 17.8. The quantitative estimate of drug-likeness (QED) is 0.612. The van der Waals surface area contributed by atoms with E-state index in [4.69, 9.17) is 0 Å². The van der Waals surface area contributed by atoms with Gasteiger partial charge in [-0.1, -0.05) is 0 Å². The summed E-state index contributed by atoms with van der Waals surface area (Å²) in [5, 5.41) is 0. The molecule has 1 fully saturated rings. The van der Waals surface area contributed by atoms with E-state index in [0.29, 0.717) is 5.52 Å². The smallest absolute Gasteiger partial charge is 0.314 e. The normalized spacial score (nSPS) is 17.8. The molecule has 3 rings (SSSR count). The average molecular weight is 388 g/mol. The van der Waals surface area contributed by atoms with Gasteiger partial charge in [0.25, 0.3) is 0 Å². The fourth-order valence-corrected chi connectivity index (χ4v) is 4.92. The maximum Gasteiger partial charge on any atom is 0.314 e. The summed E-state index contributed by atoms with van der Waals surface area (Å²) in [4.78, 5) is 27.3. The van der Waals surface area contributed by atoms with Crippen LogP contribution in [0.25, 0.3) is 11.0 Å². The Morgan fingerprint density at radius 2 is 1.36 bits per heavy atom. The van der Waals surface area contributed by atoms with Crippen molar-refractivity contribution in [2.45, 2.75) is 4.90 Å². The van der Waals surface area contributed by atoms with Crippen molar-refractivity contribution in [3.63, 3.8) is 0 Å². The zero-order valence-electron chi connectivity index (χ0n) is 13.2. The lowest BCUT2D eigenvalue weighted by atomic mass is 10.3. The van der Waals surface area contributed by atoms with E-state index in [9.17, 15) is 26.4 Å². The number of aromatic nitrogens is 2. The third-order valence-electron chi connectivity index (χ3n) is 4.00. The Balaban J connectivity index is 1.93. The number of nitrogens with zero attached hydrogens (tertiary/aromatic N) is 2. The molecule has 0 atom stereocenters. The molecule has 0 spiro atoms. The number of rotatable bonds is 3. The molecule has 0 unspecified atom stereocenters. The van der Waals surface area contributed by atoms with Crippen molar-refractivity contribution in [1.82, 2.24) is 18.6 Å². The van der Waals surface area contributed by atoms with Gasteiger partial charge < -0.3 is 9.97 Å². The van der Waals surface area contributed by atoms with Crippen LogP contribution in [-0.4, -0.2) is 67.8 Å². The zero-order valence-corrected chi connectivity index (χ0v) is 14.9. The Morgan fingerprint density at radius 3 is 1.92 bits per heavy atom. The van der Waals surface area contributed by atoms with Crippen LogP contribution in [0.1, 0.15) is 0 Å². The molecule has 2 aromatic rings. The minimum absolute atomic E-state index is 0.0373. The highest BCUT2D eigenvalue weighted by Crippen LogP contribution is 2.20. The van der Waals surface area contributed by atoms with Gasteiger partial charge in [0.05, 0.1) is 22.2 Å². The van der Waals surface area contributed by atoms with Gasteiger partial charge in [-0.2, -0.15) is 8.61 Å². The van der Waals surface area contributed by atoms with Crippen LogP contribution in [-0.2, 0) is 20.0 Å². The molecule has 0 aliphatic carbocycles. The largest absolute Gasteiger partial charge is 0.316 e. The van der Waals surface area contributed by atoms with Crippen molar-refractivity contribution in [2.75, 3.05) is 32.4 Å². The first-order chi connectivity index (χ1) is 11.6. The van der Waals surface area contributed by atoms with Crippen molar-refractivity contribution in [2.24, 2.45) is 0 Å². The summed E-state index contributed by atoms with van der Waals surface area (Å²) in [5.74, 6) is 0. The van der Waals surface area contributed by atoms with Crippen LogP contribution in [0, 0.1) is 0 Å². The molecule has 136 valence electrons. The molecule has 1 aromatic heterocycles. The van der Waals surface area contributed by atoms with Crippen molar-refractivity contribution < 1.29 is 16.8 Å². The summed E-state index contributed by atoms with van der Waals surface area (Å²) in [6.07, 6.45) is 1.08. The standard InChI is InChI=1S/C13H16N4O6S2/c1-24(20,21)16-4-6-17(7-5-16)25(22,23)9-2-3-10-11(8-9)15-13(19)12(18)14-10/h2-3,8H,4-7H2,1H3,(H,14,18)(H,15,19). The summed E-state index contributed by atoms with van der Waals surface area (Å²) in [5.41, 5.74) is -1.19. The molecule has 1 saturated heterocycles. The Hall–Kier alpha value is -2.02. The maximum atomic E-state index is 12.7. The summed E-state index contributed by atoms with van der Waals surface area (Å²) in [6.45, 7) is 0.233. The number of fused-ring (bicyclic) bond motifs is 1. The van der Waals surface area contributed by atoms with Crippen LogP contribution in [0.3, 0.4) is 0 Å².